The Morgan fingerprint density at radius 2 is 1.63 bits per heavy atom. The molecular weight excluding hydrogens is 230 g/mol. The topological polar surface area (TPSA) is 3.24 Å². The fraction of sp³-hybridized carbons (Fsp3) is 0.111. The van der Waals surface area contributed by atoms with Crippen molar-refractivity contribution in [2.24, 2.45) is 0 Å². The molecule has 0 radical (unpaired) electrons. The van der Waals surface area contributed by atoms with Gasteiger partial charge in [-0.15, -0.1) is 0 Å². The Bertz CT molecular complexity index is 694. The first-order chi connectivity index (χ1) is 9.42. The Morgan fingerprint density at radius 1 is 0.842 bits per heavy atom. The average molecular weight is 245 g/mol. The van der Waals surface area contributed by atoms with Crippen LogP contribution in [-0.4, -0.2) is 4.90 Å². The lowest BCUT2D eigenvalue weighted by atomic mass is 10.0. The zero-order valence-corrected chi connectivity index (χ0v) is 10.7. The maximum absolute atomic E-state index is 2.36. The van der Waals surface area contributed by atoms with Crippen LogP contribution in [0.25, 0.3) is 11.8 Å². The summed E-state index contributed by atoms with van der Waals surface area (Å²) in [6, 6.07) is 17.3. The maximum Gasteiger partial charge on any atom is 0.0481 e. The fourth-order valence-corrected chi connectivity index (χ4v) is 2.95. The first-order valence-electron chi connectivity index (χ1n) is 6.73. The number of hydrogen-bond acceptors (Lipinski definition) is 1. The van der Waals surface area contributed by atoms with E-state index in [2.05, 4.69) is 71.8 Å². The number of allylic oxidation sites excluding steroid dienone is 1. The van der Waals surface area contributed by atoms with Crippen molar-refractivity contribution < 1.29 is 0 Å². The van der Waals surface area contributed by atoms with Crippen LogP contribution in [-0.2, 0) is 13.0 Å². The van der Waals surface area contributed by atoms with E-state index in [4.69, 9.17) is 0 Å². The van der Waals surface area contributed by atoms with E-state index in [1.165, 1.54) is 28.0 Å². The van der Waals surface area contributed by atoms with E-state index in [0.717, 1.165) is 13.0 Å². The van der Waals surface area contributed by atoms with Crippen LogP contribution in [0.1, 0.15) is 22.3 Å². The molecule has 2 aromatic carbocycles. The SMILES string of the molecule is C1=CN(C2=CCc3ccccc32)Cc2ccccc21. The number of benzene rings is 2. The standard InChI is InChI=1S/C18H15N/c1-2-7-16-13-19(12-11-14(16)5-1)18-10-9-15-6-3-4-8-17(15)18/h1-8,10-12H,9,13H2. The first kappa shape index (κ1) is 10.6. The van der Waals surface area contributed by atoms with E-state index in [9.17, 15) is 0 Å². The lowest BCUT2D eigenvalue weighted by Crippen LogP contribution is -2.17. The van der Waals surface area contributed by atoms with Gasteiger partial charge in [0, 0.05) is 24.0 Å². The Morgan fingerprint density at radius 3 is 2.58 bits per heavy atom. The highest BCUT2D eigenvalue weighted by molar-refractivity contribution is 5.74. The molecule has 19 heavy (non-hydrogen) atoms. The summed E-state index contributed by atoms with van der Waals surface area (Å²) in [7, 11) is 0. The smallest absolute Gasteiger partial charge is 0.0481 e. The van der Waals surface area contributed by atoms with Crippen molar-refractivity contribution in [2.45, 2.75) is 13.0 Å². The number of fused-ring (bicyclic) bond motifs is 2. The van der Waals surface area contributed by atoms with Gasteiger partial charge < -0.3 is 4.90 Å². The summed E-state index contributed by atoms with van der Waals surface area (Å²) in [6.45, 7) is 0.965. The minimum Gasteiger partial charge on any atom is -0.343 e. The Labute approximate surface area is 113 Å². The molecule has 0 atom stereocenters. The van der Waals surface area contributed by atoms with E-state index >= 15 is 0 Å². The molecule has 1 aliphatic carbocycles. The molecule has 0 aromatic heterocycles. The quantitative estimate of drug-likeness (QED) is 0.732. The minimum atomic E-state index is 0.965. The van der Waals surface area contributed by atoms with Crippen LogP contribution in [0.3, 0.4) is 0 Å². The normalized spacial score (nSPS) is 16.0. The summed E-state index contributed by atoms with van der Waals surface area (Å²) >= 11 is 0. The third kappa shape index (κ3) is 1.70. The number of hydrogen-bond donors (Lipinski definition) is 0. The first-order valence-corrected chi connectivity index (χ1v) is 6.73. The second-order valence-electron chi connectivity index (χ2n) is 5.09. The van der Waals surface area contributed by atoms with Crippen LogP contribution in [0.2, 0.25) is 0 Å². The Balaban J connectivity index is 1.71. The minimum absolute atomic E-state index is 0.965. The van der Waals surface area contributed by atoms with Crippen molar-refractivity contribution in [1.29, 1.82) is 0 Å². The van der Waals surface area contributed by atoms with Crippen molar-refractivity contribution in [3.63, 3.8) is 0 Å². The molecule has 0 N–H and O–H groups in total. The fourth-order valence-electron chi connectivity index (χ4n) is 2.95. The van der Waals surface area contributed by atoms with Crippen LogP contribution in [0.5, 0.6) is 0 Å². The highest BCUT2D eigenvalue weighted by Gasteiger charge is 2.20. The van der Waals surface area contributed by atoms with E-state index in [1.54, 1.807) is 0 Å². The molecule has 4 rings (SSSR count). The Hall–Kier alpha value is -2.28. The van der Waals surface area contributed by atoms with Crippen molar-refractivity contribution >= 4 is 11.8 Å². The molecule has 1 heteroatoms. The third-order valence-electron chi connectivity index (χ3n) is 3.95. The summed E-state index contributed by atoms with van der Waals surface area (Å²) in [5.41, 5.74) is 6.90. The largest absolute Gasteiger partial charge is 0.343 e. The van der Waals surface area contributed by atoms with Crippen molar-refractivity contribution in [1.82, 2.24) is 4.90 Å². The average Bonchev–Trinajstić information content (AvgIpc) is 2.91. The van der Waals surface area contributed by atoms with Gasteiger partial charge in [0.2, 0.25) is 0 Å². The van der Waals surface area contributed by atoms with Gasteiger partial charge in [0.25, 0.3) is 0 Å². The molecule has 0 fully saturated rings. The van der Waals surface area contributed by atoms with Gasteiger partial charge in [-0.2, -0.15) is 0 Å². The molecule has 0 unspecified atom stereocenters. The zero-order chi connectivity index (χ0) is 12.7. The predicted octanol–water partition coefficient (Wildman–Crippen LogP) is 4.07. The number of nitrogens with zero attached hydrogens (tertiary/aromatic N) is 1. The molecule has 2 aromatic rings. The molecule has 0 spiro atoms. The molecule has 92 valence electrons. The second kappa shape index (κ2) is 4.13. The van der Waals surface area contributed by atoms with E-state index < -0.39 is 0 Å². The molecule has 0 bridgehead atoms. The van der Waals surface area contributed by atoms with Gasteiger partial charge in [0.1, 0.15) is 0 Å². The van der Waals surface area contributed by atoms with Crippen molar-refractivity contribution in [2.75, 3.05) is 0 Å². The molecule has 0 amide bonds. The van der Waals surface area contributed by atoms with Gasteiger partial charge in [0.05, 0.1) is 0 Å². The summed E-state index contributed by atoms with van der Waals surface area (Å²) in [5, 5.41) is 0. The summed E-state index contributed by atoms with van der Waals surface area (Å²) < 4.78 is 0. The van der Waals surface area contributed by atoms with Gasteiger partial charge in [-0.25, -0.2) is 0 Å². The van der Waals surface area contributed by atoms with Crippen LogP contribution < -0.4 is 0 Å². The van der Waals surface area contributed by atoms with Crippen molar-refractivity contribution in [3.8, 4) is 0 Å². The van der Waals surface area contributed by atoms with Gasteiger partial charge in [0.15, 0.2) is 0 Å². The highest BCUT2D eigenvalue weighted by atomic mass is 15.1. The van der Waals surface area contributed by atoms with Gasteiger partial charge >= 0.3 is 0 Å². The highest BCUT2D eigenvalue weighted by Crippen LogP contribution is 2.33. The van der Waals surface area contributed by atoms with E-state index in [-0.39, 0.29) is 0 Å². The molecule has 1 nitrogen and oxygen atoms in total. The van der Waals surface area contributed by atoms with Crippen LogP contribution >= 0.6 is 0 Å². The molecule has 0 saturated carbocycles. The van der Waals surface area contributed by atoms with E-state index in [0.29, 0.717) is 0 Å². The maximum atomic E-state index is 2.36. The van der Waals surface area contributed by atoms with Crippen LogP contribution in [0, 0.1) is 0 Å². The lowest BCUT2D eigenvalue weighted by molar-refractivity contribution is 0.523. The molecule has 0 saturated heterocycles. The third-order valence-corrected chi connectivity index (χ3v) is 3.95. The lowest BCUT2D eigenvalue weighted by Gasteiger charge is -2.27. The van der Waals surface area contributed by atoms with Gasteiger partial charge in [-0.1, -0.05) is 54.6 Å². The molecular formula is C18H15N. The molecule has 1 heterocycles. The monoisotopic (exact) mass is 245 g/mol. The Kier molecular flexibility index (Phi) is 2.31. The van der Waals surface area contributed by atoms with Crippen LogP contribution in [0.15, 0.2) is 60.8 Å². The van der Waals surface area contributed by atoms with Crippen molar-refractivity contribution in [3.05, 3.63) is 83.1 Å². The van der Waals surface area contributed by atoms with Crippen LogP contribution in [0.4, 0.5) is 0 Å². The second-order valence-corrected chi connectivity index (χ2v) is 5.09. The van der Waals surface area contributed by atoms with Gasteiger partial charge in [-0.05, 0) is 29.2 Å². The summed E-state index contributed by atoms with van der Waals surface area (Å²) in [6.07, 6.45) is 7.80. The van der Waals surface area contributed by atoms with Gasteiger partial charge in [-0.3, -0.25) is 0 Å². The number of rotatable bonds is 1. The molecule has 2 aliphatic rings. The zero-order valence-electron chi connectivity index (χ0n) is 10.7. The van der Waals surface area contributed by atoms with E-state index in [1.807, 2.05) is 0 Å². The summed E-state index contributed by atoms with van der Waals surface area (Å²) in [4.78, 5) is 2.36. The predicted molar refractivity (Wildman–Crippen MR) is 79.1 cm³/mol. The molecule has 1 aliphatic heterocycles. The summed E-state index contributed by atoms with van der Waals surface area (Å²) in [5.74, 6) is 0.